The molecule has 8 heteroatoms. The number of rotatable bonds is 2. The molecule has 1 aromatic carbocycles. The topological polar surface area (TPSA) is 73.4 Å². The number of benzene rings is 1. The van der Waals surface area contributed by atoms with Crippen molar-refractivity contribution in [3.05, 3.63) is 46.4 Å². The van der Waals surface area contributed by atoms with Crippen molar-refractivity contribution in [2.75, 3.05) is 0 Å². The molecule has 0 fully saturated rings. The van der Waals surface area contributed by atoms with Crippen molar-refractivity contribution in [2.45, 2.75) is 6.18 Å². The SMILES string of the molecule is O=c1[nH][nH]cc1N=Nc1ccccc1C(F)(F)F. The molecule has 1 heterocycles. The second-order valence-corrected chi connectivity index (χ2v) is 3.34. The Bertz CT molecular complexity index is 626. The lowest BCUT2D eigenvalue weighted by atomic mass is 10.2. The number of hydrogen-bond donors (Lipinski definition) is 2. The first-order valence-electron chi connectivity index (χ1n) is 4.82. The molecule has 2 rings (SSSR count). The van der Waals surface area contributed by atoms with E-state index < -0.39 is 17.3 Å². The van der Waals surface area contributed by atoms with Crippen molar-refractivity contribution in [3.8, 4) is 0 Å². The fourth-order valence-corrected chi connectivity index (χ4v) is 1.28. The van der Waals surface area contributed by atoms with E-state index in [4.69, 9.17) is 0 Å². The zero-order valence-corrected chi connectivity index (χ0v) is 8.82. The van der Waals surface area contributed by atoms with Gasteiger partial charge in [0.1, 0.15) is 0 Å². The first-order chi connectivity index (χ1) is 8.48. The molecule has 18 heavy (non-hydrogen) atoms. The molecule has 2 aromatic rings. The van der Waals surface area contributed by atoms with Gasteiger partial charge in [0.05, 0.1) is 17.4 Å². The van der Waals surface area contributed by atoms with Gasteiger partial charge >= 0.3 is 6.18 Å². The molecular weight excluding hydrogens is 249 g/mol. The van der Waals surface area contributed by atoms with Gasteiger partial charge in [-0.05, 0) is 12.1 Å². The molecule has 0 amide bonds. The number of alkyl halides is 3. The van der Waals surface area contributed by atoms with Crippen LogP contribution in [0.4, 0.5) is 24.5 Å². The highest BCUT2D eigenvalue weighted by Crippen LogP contribution is 2.36. The summed E-state index contributed by atoms with van der Waals surface area (Å²) in [6, 6.07) is 4.73. The lowest BCUT2D eigenvalue weighted by molar-refractivity contribution is -0.137. The summed E-state index contributed by atoms with van der Waals surface area (Å²) in [5.74, 6) is 0. The third kappa shape index (κ3) is 2.47. The minimum atomic E-state index is -4.51. The lowest BCUT2D eigenvalue weighted by Crippen LogP contribution is -2.04. The largest absolute Gasteiger partial charge is 0.418 e. The van der Waals surface area contributed by atoms with Gasteiger partial charge in [-0.2, -0.15) is 13.2 Å². The Morgan fingerprint density at radius 2 is 1.72 bits per heavy atom. The molecule has 2 N–H and O–H groups in total. The van der Waals surface area contributed by atoms with Gasteiger partial charge < -0.3 is 5.10 Å². The minimum absolute atomic E-state index is 0.0908. The number of hydrogen-bond acceptors (Lipinski definition) is 3. The zero-order valence-electron chi connectivity index (χ0n) is 8.82. The van der Waals surface area contributed by atoms with Crippen molar-refractivity contribution in [3.63, 3.8) is 0 Å². The minimum Gasteiger partial charge on any atom is -0.303 e. The molecule has 0 saturated carbocycles. The third-order valence-electron chi connectivity index (χ3n) is 2.10. The number of nitrogens with one attached hydrogen (secondary N) is 2. The predicted octanol–water partition coefficient (Wildman–Crippen LogP) is 3.14. The Balaban J connectivity index is 2.39. The van der Waals surface area contributed by atoms with Gasteiger partial charge in [-0.3, -0.25) is 9.89 Å². The maximum atomic E-state index is 12.6. The smallest absolute Gasteiger partial charge is 0.303 e. The predicted molar refractivity (Wildman–Crippen MR) is 57.0 cm³/mol. The van der Waals surface area contributed by atoms with Gasteiger partial charge in [0.25, 0.3) is 5.56 Å². The van der Waals surface area contributed by atoms with Crippen LogP contribution in [-0.2, 0) is 6.18 Å². The molecule has 0 aliphatic carbocycles. The van der Waals surface area contributed by atoms with Crippen molar-refractivity contribution in [1.29, 1.82) is 0 Å². The average Bonchev–Trinajstić information content (AvgIpc) is 2.71. The van der Waals surface area contributed by atoms with Crippen molar-refractivity contribution in [1.82, 2.24) is 10.2 Å². The van der Waals surface area contributed by atoms with Crippen LogP contribution in [0.2, 0.25) is 0 Å². The number of aromatic nitrogens is 2. The van der Waals surface area contributed by atoms with Gasteiger partial charge in [0.2, 0.25) is 0 Å². The van der Waals surface area contributed by atoms with Gasteiger partial charge in [-0.15, -0.1) is 10.2 Å². The number of H-pyrrole nitrogens is 2. The molecule has 0 unspecified atom stereocenters. The van der Waals surface area contributed by atoms with E-state index in [9.17, 15) is 18.0 Å². The van der Waals surface area contributed by atoms with Crippen LogP contribution in [0, 0.1) is 0 Å². The molecule has 0 bridgehead atoms. The van der Waals surface area contributed by atoms with Gasteiger partial charge in [0, 0.05) is 0 Å². The Morgan fingerprint density at radius 3 is 2.33 bits per heavy atom. The average molecular weight is 256 g/mol. The van der Waals surface area contributed by atoms with E-state index in [1.165, 1.54) is 24.4 Å². The molecule has 0 spiro atoms. The van der Waals surface area contributed by atoms with E-state index in [1.807, 2.05) is 0 Å². The van der Waals surface area contributed by atoms with Crippen LogP contribution in [0.25, 0.3) is 0 Å². The van der Waals surface area contributed by atoms with Crippen molar-refractivity contribution >= 4 is 11.4 Å². The highest BCUT2D eigenvalue weighted by molar-refractivity contribution is 5.47. The quantitative estimate of drug-likeness (QED) is 0.796. The van der Waals surface area contributed by atoms with E-state index in [1.54, 1.807) is 0 Å². The molecule has 0 atom stereocenters. The van der Waals surface area contributed by atoms with Gasteiger partial charge in [-0.1, -0.05) is 12.1 Å². The number of aromatic amines is 2. The fourth-order valence-electron chi connectivity index (χ4n) is 1.28. The Kier molecular flexibility index (Phi) is 3.00. The Hall–Kier alpha value is -2.38. The first kappa shape index (κ1) is 12.1. The summed E-state index contributed by atoms with van der Waals surface area (Å²) in [7, 11) is 0. The number of azo groups is 1. The first-order valence-corrected chi connectivity index (χ1v) is 4.82. The Morgan fingerprint density at radius 1 is 1.06 bits per heavy atom. The van der Waals surface area contributed by atoms with Crippen LogP contribution >= 0.6 is 0 Å². The van der Waals surface area contributed by atoms with Crippen LogP contribution < -0.4 is 5.56 Å². The summed E-state index contributed by atoms with van der Waals surface area (Å²) in [6.07, 6.45) is -3.30. The van der Waals surface area contributed by atoms with E-state index in [0.29, 0.717) is 0 Å². The van der Waals surface area contributed by atoms with E-state index in [2.05, 4.69) is 20.4 Å². The highest BCUT2D eigenvalue weighted by atomic mass is 19.4. The van der Waals surface area contributed by atoms with E-state index >= 15 is 0 Å². The van der Waals surface area contributed by atoms with E-state index in [-0.39, 0.29) is 11.4 Å². The summed E-state index contributed by atoms with van der Waals surface area (Å²) in [5, 5.41) is 11.5. The molecule has 0 radical (unpaired) electrons. The number of halogens is 3. The fraction of sp³-hybridized carbons (Fsp3) is 0.100. The second kappa shape index (κ2) is 4.47. The van der Waals surface area contributed by atoms with Crippen LogP contribution in [0.15, 0.2) is 45.5 Å². The normalized spacial score (nSPS) is 12.2. The van der Waals surface area contributed by atoms with Crippen molar-refractivity contribution in [2.24, 2.45) is 10.2 Å². The maximum Gasteiger partial charge on any atom is 0.418 e. The third-order valence-corrected chi connectivity index (χ3v) is 2.10. The maximum absolute atomic E-state index is 12.6. The number of nitrogens with zero attached hydrogens (tertiary/aromatic N) is 2. The summed E-state index contributed by atoms with van der Waals surface area (Å²) < 4.78 is 37.9. The Labute approximate surface area is 98.4 Å². The molecular formula is C10H7F3N4O. The van der Waals surface area contributed by atoms with Crippen molar-refractivity contribution < 1.29 is 13.2 Å². The van der Waals surface area contributed by atoms with Crippen LogP contribution in [-0.4, -0.2) is 10.2 Å². The molecule has 1 aromatic heterocycles. The standard InChI is InChI=1S/C10H7F3N4O/c11-10(12,13)6-3-1-2-4-7(6)15-16-8-5-14-17-9(8)18/h1-5H,(H2,14,17,18). The summed E-state index contributed by atoms with van der Waals surface area (Å²) in [5.41, 5.74) is -1.89. The summed E-state index contributed by atoms with van der Waals surface area (Å²) >= 11 is 0. The van der Waals surface area contributed by atoms with Gasteiger partial charge in [-0.25, -0.2) is 0 Å². The van der Waals surface area contributed by atoms with Crippen LogP contribution in [0.3, 0.4) is 0 Å². The van der Waals surface area contributed by atoms with E-state index in [0.717, 1.165) is 6.07 Å². The molecule has 0 aliphatic rings. The molecule has 5 nitrogen and oxygen atoms in total. The second-order valence-electron chi connectivity index (χ2n) is 3.34. The lowest BCUT2D eigenvalue weighted by Gasteiger charge is -2.07. The van der Waals surface area contributed by atoms with Gasteiger partial charge in [0.15, 0.2) is 5.69 Å². The molecule has 94 valence electrons. The molecule has 0 saturated heterocycles. The van der Waals surface area contributed by atoms with Crippen LogP contribution in [0.1, 0.15) is 5.56 Å². The zero-order chi connectivity index (χ0) is 13.2. The summed E-state index contributed by atoms with van der Waals surface area (Å²) in [6.45, 7) is 0. The highest BCUT2D eigenvalue weighted by Gasteiger charge is 2.33. The van der Waals surface area contributed by atoms with Crippen LogP contribution in [0.5, 0.6) is 0 Å². The monoisotopic (exact) mass is 256 g/mol. The molecule has 0 aliphatic heterocycles. The summed E-state index contributed by atoms with van der Waals surface area (Å²) in [4.78, 5) is 11.1.